The molecule has 2 N–H and O–H groups in total. The molecule has 0 bridgehead atoms. The van der Waals surface area contributed by atoms with Crippen LogP contribution in [0.2, 0.25) is 0 Å². The molecular weight excluding hydrogens is 436 g/mol. The summed E-state index contributed by atoms with van der Waals surface area (Å²) in [6.45, 7) is 0.885. The van der Waals surface area contributed by atoms with E-state index in [0.717, 1.165) is 16.0 Å². The molecule has 0 saturated carbocycles. The van der Waals surface area contributed by atoms with Crippen molar-refractivity contribution in [2.24, 2.45) is 0 Å². The first-order chi connectivity index (χ1) is 16.1. The minimum Gasteiger partial charge on any atom is -0.375 e. The Morgan fingerprint density at radius 2 is 1.85 bits per heavy atom. The molecule has 0 unspecified atom stereocenters. The molecule has 0 aliphatic carbocycles. The van der Waals surface area contributed by atoms with E-state index in [0.29, 0.717) is 30.0 Å². The quantitative estimate of drug-likeness (QED) is 0.393. The number of methoxy groups -OCH3 is 1. The van der Waals surface area contributed by atoms with Crippen molar-refractivity contribution in [3.05, 3.63) is 95.0 Å². The van der Waals surface area contributed by atoms with Crippen LogP contribution in [0.1, 0.15) is 21.5 Å². The van der Waals surface area contributed by atoms with Crippen molar-refractivity contribution in [2.75, 3.05) is 19.0 Å². The summed E-state index contributed by atoms with van der Waals surface area (Å²) >= 11 is 1.55. The van der Waals surface area contributed by atoms with Gasteiger partial charge in [0.05, 0.1) is 17.0 Å². The number of benzene rings is 2. The fourth-order valence-electron chi connectivity index (χ4n) is 3.40. The molecule has 0 radical (unpaired) electrons. The van der Waals surface area contributed by atoms with E-state index in [1.807, 2.05) is 66.0 Å². The standard InChI is InChI=1S/C25H24N4O3S/c1-32-17-23(30)27-20-10-5-9-19(13-20)14-26-25(31)21-16-29(15-18-7-3-2-4-8-18)28-24(21)22-11-6-12-33-22/h2-13,16H,14-15,17H2,1H3,(H,26,31)(H,27,30). The van der Waals surface area contributed by atoms with Crippen molar-refractivity contribution in [3.8, 4) is 10.6 Å². The molecule has 0 fully saturated rings. The molecule has 0 saturated heterocycles. The average Bonchev–Trinajstić information content (AvgIpc) is 3.49. The van der Waals surface area contributed by atoms with E-state index in [9.17, 15) is 9.59 Å². The van der Waals surface area contributed by atoms with Crippen LogP contribution in [0.5, 0.6) is 0 Å². The fraction of sp³-hybridized carbons (Fsp3) is 0.160. The van der Waals surface area contributed by atoms with Crippen molar-refractivity contribution < 1.29 is 14.3 Å². The number of rotatable bonds is 9. The number of carbonyl (C=O) groups excluding carboxylic acids is 2. The fourth-order valence-corrected chi connectivity index (χ4v) is 4.12. The molecule has 33 heavy (non-hydrogen) atoms. The summed E-state index contributed by atoms with van der Waals surface area (Å²) < 4.78 is 6.64. The second kappa shape index (κ2) is 10.7. The zero-order chi connectivity index (χ0) is 23.0. The Morgan fingerprint density at radius 1 is 1.03 bits per heavy atom. The van der Waals surface area contributed by atoms with Gasteiger partial charge in [-0.05, 0) is 34.7 Å². The Labute approximate surface area is 196 Å². The summed E-state index contributed by atoms with van der Waals surface area (Å²) in [6, 6.07) is 21.3. The molecule has 8 heteroatoms. The highest BCUT2D eigenvalue weighted by molar-refractivity contribution is 7.13. The number of nitrogens with one attached hydrogen (secondary N) is 2. The molecule has 2 heterocycles. The van der Waals surface area contributed by atoms with Crippen molar-refractivity contribution in [1.82, 2.24) is 15.1 Å². The number of thiophene rings is 1. The number of hydrogen-bond acceptors (Lipinski definition) is 5. The predicted molar refractivity (Wildman–Crippen MR) is 129 cm³/mol. The van der Waals surface area contributed by atoms with Crippen molar-refractivity contribution in [1.29, 1.82) is 0 Å². The lowest BCUT2D eigenvalue weighted by Crippen LogP contribution is -2.23. The number of carbonyl (C=O) groups is 2. The lowest BCUT2D eigenvalue weighted by Gasteiger charge is -2.08. The van der Waals surface area contributed by atoms with Gasteiger partial charge in [-0.3, -0.25) is 14.3 Å². The highest BCUT2D eigenvalue weighted by Gasteiger charge is 2.19. The van der Waals surface area contributed by atoms with E-state index >= 15 is 0 Å². The zero-order valence-corrected chi connectivity index (χ0v) is 19.0. The minimum atomic E-state index is -0.231. The highest BCUT2D eigenvalue weighted by Crippen LogP contribution is 2.27. The Bertz CT molecular complexity index is 1220. The van der Waals surface area contributed by atoms with Gasteiger partial charge in [-0.25, -0.2) is 0 Å². The first kappa shape index (κ1) is 22.4. The lowest BCUT2D eigenvalue weighted by molar-refractivity contribution is -0.119. The van der Waals surface area contributed by atoms with E-state index < -0.39 is 0 Å². The van der Waals surface area contributed by atoms with E-state index in [1.54, 1.807) is 28.3 Å². The molecule has 168 valence electrons. The van der Waals surface area contributed by atoms with Crippen LogP contribution >= 0.6 is 11.3 Å². The zero-order valence-electron chi connectivity index (χ0n) is 18.2. The molecule has 2 aromatic heterocycles. The van der Waals surface area contributed by atoms with Crippen LogP contribution in [-0.4, -0.2) is 35.3 Å². The topological polar surface area (TPSA) is 85.3 Å². The lowest BCUT2D eigenvalue weighted by atomic mass is 10.1. The summed E-state index contributed by atoms with van der Waals surface area (Å²) in [5, 5.41) is 12.4. The van der Waals surface area contributed by atoms with E-state index in [1.165, 1.54) is 7.11 Å². The van der Waals surface area contributed by atoms with Crippen LogP contribution in [0.3, 0.4) is 0 Å². The Hall–Kier alpha value is -3.75. The molecule has 2 amide bonds. The first-order valence-corrected chi connectivity index (χ1v) is 11.3. The van der Waals surface area contributed by atoms with Gasteiger partial charge in [0.15, 0.2) is 0 Å². The largest absolute Gasteiger partial charge is 0.375 e. The summed E-state index contributed by atoms with van der Waals surface area (Å²) in [4.78, 5) is 25.8. The summed E-state index contributed by atoms with van der Waals surface area (Å²) in [6.07, 6.45) is 1.79. The number of ether oxygens (including phenoxy) is 1. The van der Waals surface area contributed by atoms with Crippen molar-refractivity contribution >= 4 is 28.8 Å². The maximum Gasteiger partial charge on any atom is 0.255 e. The normalized spacial score (nSPS) is 10.7. The Balaban J connectivity index is 1.49. The molecule has 4 rings (SSSR count). The SMILES string of the molecule is COCC(=O)Nc1cccc(CNC(=O)c2cn(Cc3ccccc3)nc2-c2cccs2)c1. The third-order valence-electron chi connectivity index (χ3n) is 4.89. The van der Waals surface area contributed by atoms with Crippen molar-refractivity contribution in [2.45, 2.75) is 13.1 Å². The summed E-state index contributed by atoms with van der Waals surface area (Å²) in [7, 11) is 1.47. The van der Waals surface area contributed by atoms with E-state index in [4.69, 9.17) is 9.84 Å². The van der Waals surface area contributed by atoms with Gasteiger partial charge in [0.2, 0.25) is 5.91 Å². The molecule has 0 aliphatic heterocycles. The van der Waals surface area contributed by atoms with Crippen LogP contribution in [0.15, 0.2) is 78.3 Å². The summed E-state index contributed by atoms with van der Waals surface area (Å²) in [5.74, 6) is -0.434. The van der Waals surface area contributed by atoms with Gasteiger partial charge >= 0.3 is 0 Å². The number of hydrogen-bond donors (Lipinski definition) is 2. The maximum absolute atomic E-state index is 13.1. The Morgan fingerprint density at radius 3 is 2.61 bits per heavy atom. The molecule has 0 atom stereocenters. The highest BCUT2D eigenvalue weighted by atomic mass is 32.1. The second-order valence-electron chi connectivity index (χ2n) is 7.42. The van der Waals surface area contributed by atoms with Gasteiger partial charge in [0, 0.05) is 25.5 Å². The smallest absolute Gasteiger partial charge is 0.255 e. The average molecular weight is 461 g/mol. The number of aromatic nitrogens is 2. The third-order valence-corrected chi connectivity index (χ3v) is 5.76. The van der Waals surface area contributed by atoms with Crippen LogP contribution < -0.4 is 10.6 Å². The number of anilines is 1. The van der Waals surface area contributed by atoms with Gasteiger partial charge in [-0.15, -0.1) is 11.3 Å². The maximum atomic E-state index is 13.1. The van der Waals surface area contributed by atoms with Crippen LogP contribution in [0.25, 0.3) is 10.6 Å². The third kappa shape index (κ3) is 5.94. The van der Waals surface area contributed by atoms with Gasteiger partial charge in [-0.1, -0.05) is 48.5 Å². The van der Waals surface area contributed by atoms with E-state index in [-0.39, 0.29) is 18.4 Å². The predicted octanol–water partition coefficient (Wildman–Crippen LogP) is 4.17. The molecule has 7 nitrogen and oxygen atoms in total. The number of amides is 2. The number of nitrogens with zero attached hydrogens (tertiary/aromatic N) is 2. The van der Waals surface area contributed by atoms with E-state index in [2.05, 4.69) is 10.6 Å². The van der Waals surface area contributed by atoms with Crippen LogP contribution in [0.4, 0.5) is 5.69 Å². The molecular formula is C25H24N4O3S. The molecule has 0 aliphatic rings. The van der Waals surface area contributed by atoms with Gasteiger partial charge in [-0.2, -0.15) is 5.10 Å². The van der Waals surface area contributed by atoms with Gasteiger partial charge < -0.3 is 15.4 Å². The summed E-state index contributed by atoms with van der Waals surface area (Å²) in [5.41, 5.74) is 3.82. The van der Waals surface area contributed by atoms with Crippen LogP contribution in [0, 0.1) is 0 Å². The monoisotopic (exact) mass is 460 g/mol. The minimum absolute atomic E-state index is 0.0145. The molecule has 2 aromatic carbocycles. The first-order valence-electron chi connectivity index (χ1n) is 10.4. The van der Waals surface area contributed by atoms with Gasteiger partial charge in [0.1, 0.15) is 12.3 Å². The van der Waals surface area contributed by atoms with Gasteiger partial charge in [0.25, 0.3) is 5.91 Å². The van der Waals surface area contributed by atoms with Crippen LogP contribution in [-0.2, 0) is 22.6 Å². The Kier molecular flexibility index (Phi) is 7.29. The second-order valence-corrected chi connectivity index (χ2v) is 8.36. The molecule has 4 aromatic rings. The molecule has 0 spiro atoms. The van der Waals surface area contributed by atoms with Crippen molar-refractivity contribution in [3.63, 3.8) is 0 Å².